The number of halogens is 1. The van der Waals surface area contributed by atoms with Crippen molar-refractivity contribution in [1.29, 1.82) is 0 Å². The average molecular weight is 293 g/mol. The van der Waals surface area contributed by atoms with Gasteiger partial charge in [0.2, 0.25) is 0 Å². The Bertz CT molecular complexity index is 175. The summed E-state index contributed by atoms with van der Waals surface area (Å²) in [5, 5.41) is 0. The monoisotopic (exact) mass is 292 g/mol. The quantitative estimate of drug-likeness (QED) is 0.527. The van der Waals surface area contributed by atoms with Crippen molar-refractivity contribution in [3.8, 4) is 0 Å². The van der Waals surface area contributed by atoms with Gasteiger partial charge in [0.1, 0.15) is 0 Å². The summed E-state index contributed by atoms with van der Waals surface area (Å²) in [6, 6.07) is 0. The Morgan fingerprint density at radius 2 is 2.00 bits per heavy atom. The molecule has 0 amide bonds. The van der Waals surface area contributed by atoms with Gasteiger partial charge in [0.15, 0.2) is 0 Å². The summed E-state index contributed by atoms with van der Waals surface area (Å²) in [5.74, 6) is 1.77. The van der Waals surface area contributed by atoms with Gasteiger partial charge in [-0.15, -0.1) is 0 Å². The minimum absolute atomic E-state index is 0.710. The van der Waals surface area contributed by atoms with Crippen molar-refractivity contribution in [1.82, 2.24) is 0 Å². The van der Waals surface area contributed by atoms with Crippen LogP contribution in [0, 0.1) is 11.8 Å². The van der Waals surface area contributed by atoms with E-state index in [1.54, 1.807) is 7.11 Å². The van der Waals surface area contributed by atoms with Crippen LogP contribution < -0.4 is 0 Å². The molecule has 1 aliphatic rings. The Balaban J connectivity index is 2.02. The van der Waals surface area contributed by atoms with E-state index in [1.807, 2.05) is 0 Å². The molecule has 0 saturated heterocycles. The number of hydrogen-bond donors (Lipinski definition) is 0. The first kappa shape index (κ1) is 14.5. The van der Waals surface area contributed by atoms with Gasteiger partial charge < -0.3 is 9.47 Å². The minimum Gasteiger partial charge on any atom is -0.382 e. The molecule has 0 aromatic rings. The fourth-order valence-electron chi connectivity index (χ4n) is 2.45. The van der Waals surface area contributed by atoms with Crippen LogP contribution in [0.4, 0.5) is 0 Å². The predicted octanol–water partition coefficient (Wildman–Crippen LogP) is 3.63. The van der Waals surface area contributed by atoms with Gasteiger partial charge >= 0.3 is 0 Å². The van der Waals surface area contributed by atoms with Crippen molar-refractivity contribution < 1.29 is 9.47 Å². The molecule has 0 spiro atoms. The smallest absolute Gasteiger partial charge is 0.0700 e. The molecule has 16 heavy (non-hydrogen) atoms. The molecule has 1 saturated carbocycles. The van der Waals surface area contributed by atoms with Gasteiger partial charge in [0.05, 0.1) is 13.2 Å². The Hall–Kier alpha value is 0.400. The number of ether oxygens (including phenoxy) is 2. The Labute approximate surface area is 108 Å². The largest absolute Gasteiger partial charge is 0.382 e. The van der Waals surface area contributed by atoms with Crippen LogP contribution in [0.3, 0.4) is 0 Å². The third-order valence-corrected chi connectivity index (χ3v) is 4.65. The molecule has 2 nitrogen and oxygen atoms in total. The highest BCUT2D eigenvalue weighted by molar-refractivity contribution is 9.09. The van der Waals surface area contributed by atoms with Crippen LogP contribution in [0.1, 0.15) is 39.0 Å². The Kier molecular flexibility index (Phi) is 7.67. The molecular weight excluding hydrogens is 268 g/mol. The lowest BCUT2D eigenvalue weighted by molar-refractivity contribution is 0.0662. The van der Waals surface area contributed by atoms with E-state index < -0.39 is 0 Å². The number of hydrogen-bond acceptors (Lipinski definition) is 2. The van der Waals surface area contributed by atoms with E-state index in [9.17, 15) is 0 Å². The lowest BCUT2D eigenvalue weighted by Crippen LogP contribution is -2.24. The van der Waals surface area contributed by atoms with Crippen LogP contribution in [0.2, 0.25) is 0 Å². The van der Waals surface area contributed by atoms with E-state index in [1.165, 1.54) is 32.1 Å². The molecule has 3 heteroatoms. The van der Waals surface area contributed by atoms with E-state index >= 15 is 0 Å². The molecule has 0 aliphatic heterocycles. The normalized spacial score (nSPS) is 30.6. The van der Waals surface area contributed by atoms with Crippen molar-refractivity contribution in [3.05, 3.63) is 0 Å². The van der Waals surface area contributed by atoms with E-state index in [2.05, 4.69) is 22.9 Å². The summed E-state index contributed by atoms with van der Waals surface area (Å²) < 4.78 is 10.4. The summed E-state index contributed by atoms with van der Waals surface area (Å²) in [4.78, 5) is 0.739. The van der Waals surface area contributed by atoms with Crippen LogP contribution >= 0.6 is 15.9 Å². The third kappa shape index (κ3) is 5.65. The summed E-state index contributed by atoms with van der Waals surface area (Å²) in [5.41, 5.74) is 0. The van der Waals surface area contributed by atoms with Crippen LogP contribution in [0.25, 0.3) is 0 Å². The maximum atomic E-state index is 5.49. The highest BCUT2D eigenvalue weighted by atomic mass is 79.9. The molecular formula is C13H25BrO2. The second-order valence-electron chi connectivity index (χ2n) is 4.94. The molecule has 0 heterocycles. The second kappa shape index (κ2) is 8.48. The average Bonchev–Trinajstić information content (AvgIpc) is 2.28. The van der Waals surface area contributed by atoms with E-state index in [-0.39, 0.29) is 0 Å². The van der Waals surface area contributed by atoms with Gasteiger partial charge in [-0.1, -0.05) is 22.9 Å². The minimum atomic E-state index is 0.710. The van der Waals surface area contributed by atoms with Gasteiger partial charge in [0.25, 0.3) is 0 Å². The molecule has 3 atom stereocenters. The fourth-order valence-corrected chi connectivity index (χ4v) is 3.20. The van der Waals surface area contributed by atoms with Gasteiger partial charge in [-0.25, -0.2) is 0 Å². The maximum Gasteiger partial charge on any atom is 0.0700 e. The highest BCUT2D eigenvalue weighted by Gasteiger charge is 2.25. The van der Waals surface area contributed by atoms with Crippen LogP contribution in [0.15, 0.2) is 0 Å². The summed E-state index contributed by atoms with van der Waals surface area (Å²) in [6.07, 6.45) is 6.59. The zero-order valence-corrected chi connectivity index (χ0v) is 12.2. The van der Waals surface area contributed by atoms with E-state index in [4.69, 9.17) is 9.47 Å². The second-order valence-corrected chi connectivity index (χ2v) is 6.12. The zero-order chi connectivity index (χ0) is 11.8. The lowest BCUT2D eigenvalue weighted by atomic mass is 9.80. The van der Waals surface area contributed by atoms with Gasteiger partial charge in [-0.05, 0) is 43.9 Å². The topological polar surface area (TPSA) is 18.5 Å². The third-order valence-electron chi connectivity index (χ3n) is 3.45. The Morgan fingerprint density at radius 1 is 1.19 bits per heavy atom. The standard InChI is InChI=1S/C13H25BrO2/c1-11-5-6-13(14)12(10-11)4-3-7-16-9-8-15-2/h11-13H,3-10H2,1-2H3. The lowest BCUT2D eigenvalue weighted by Gasteiger charge is -2.31. The van der Waals surface area contributed by atoms with Crippen molar-refractivity contribution >= 4 is 15.9 Å². The molecule has 1 aliphatic carbocycles. The van der Waals surface area contributed by atoms with E-state index in [0.29, 0.717) is 6.61 Å². The van der Waals surface area contributed by atoms with Gasteiger partial charge in [-0.3, -0.25) is 0 Å². The summed E-state index contributed by atoms with van der Waals surface area (Å²) in [6.45, 7) is 4.70. The van der Waals surface area contributed by atoms with Gasteiger partial charge in [-0.2, -0.15) is 0 Å². The number of methoxy groups -OCH3 is 1. The van der Waals surface area contributed by atoms with Crippen LogP contribution in [-0.2, 0) is 9.47 Å². The molecule has 0 aromatic heterocycles. The first-order chi connectivity index (χ1) is 7.74. The molecule has 3 unspecified atom stereocenters. The number of rotatable bonds is 7. The molecule has 1 fully saturated rings. The summed E-state index contributed by atoms with van der Waals surface area (Å²) >= 11 is 3.82. The van der Waals surface area contributed by atoms with E-state index in [0.717, 1.165) is 29.9 Å². The first-order valence-corrected chi connectivity index (χ1v) is 7.36. The molecule has 96 valence electrons. The SMILES string of the molecule is COCCOCCCC1CC(C)CCC1Br. The summed E-state index contributed by atoms with van der Waals surface area (Å²) in [7, 11) is 1.71. The first-order valence-electron chi connectivity index (χ1n) is 6.44. The Morgan fingerprint density at radius 3 is 2.75 bits per heavy atom. The zero-order valence-electron chi connectivity index (χ0n) is 10.6. The maximum absolute atomic E-state index is 5.49. The molecule has 0 radical (unpaired) electrons. The highest BCUT2D eigenvalue weighted by Crippen LogP contribution is 2.36. The predicted molar refractivity (Wildman–Crippen MR) is 71.1 cm³/mol. The molecule has 1 rings (SSSR count). The van der Waals surface area contributed by atoms with Crippen molar-refractivity contribution in [3.63, 3.8) is 0 Å². The van der Waals surface area contributed by atoms with Crippen molar-refractivity contribution in [2.45, 2.75) is 43.9 Å². The molecule has 0 bridgehead atoms. The molecule has 0 N–H and O–H groups in total. The van der Waals surface area contributed by atoms with Gasteiger partial charge in [0, 0.05) is 18.5 Å². The van der Waals surface area contributed by atoms with Crippen LogP contribution in [-0.4, -0.2) is 31.8 Å². The number of alkyl halides is 1. The van der Waals surface area contributed by atoms with Crippen molar-refractivity contribution in [2.24, 2.45) is 11.8 Å². The van der Waals surface area contributed by atoms with Crippen molar-refractivity contribution in [2.75, 3.05) is 26.9 Å². The van der Waals surface area contributed by atoms with Crippen LogP contribution in [0.5, 0.6) is 0 Å². The fraction of sp³-hybridized carbons (Fsp3) is 1.00. The molecule has 0 aromatic carbocycles.